The number of hydrogen-bond acceptors (Lipinski definition) is 4. The Bertz CT molecular complexity index is 564. The van der Waals surface area contributed by atoms with E-state index in [4.69, 9.17) is 9.47 Å². The summed E-state index contributed by atoms with van der Waals surface area (Å²) in [6.07, 6.45) is 0. The molecule has 0 saturated carbocycles. The van der Waals surface area contributed by atoms with Crippen LogP contribution in [0.5, 0.6) is 11.5 Å². The van der Waals surface area contributed by atoms with Crippen LogP contribution in [0.15, 0.2) is 18.2 Å². The van der Waals surface area contributed by atoms with Crippen LogP contribution in [0, 0.1) is 5.41 Å². The summed E-state index contributed by atoms with van der Waals surface area (Å²) >= 11 is 0. The third-order valence-electron chi connectivity index (χ3n) is 3.36. The van der Waals surface area contributed by atoms with Crippen molar-refractivity contribution in [2.24, 2.45) is 5.41 Å². The van der Waals surface area contributed by atoms with E-state index >= 15 is 0 Å². The summed E-state index contributed by atoms with van der Waals surface area (Å²) in [5.74, 6) is 1.01. The minimum Gasteiger partial charge on any atom is -0.497 e. The van der Waals surface area contributed by atoms with Gasteiger partial charge in [-0.05, 0) is 12.1 Å². The second-order valence-corrected chi connectivity index (χ2v) is 6.21. The summed E-state index contributed by atoms with van der Waals surface area (Å²) in [7, 11) is 3.11. The molecule has 0 atom stereocenters. The molecule has 0 aliphatic heterocycles. The van der Waals surface area contributed by atoms with Gasteiger partial charge in [-0.3, -0.25) is 9.59 Å². The maximum atomic E-state index is 12.0. The topological polar surface area (TPSA) is 67.9 Å². The first kappa shape index (κ1) is 18.8. The molecular weight excluding hydrogens is 296 g/mol. The lowest BCUT2D eigenvalue weighted by Crippen LogP contribution is -2.41. The number of nitrogens with zero attached hydrogens (tertiary/aromatic N) is 1. The summed E-state index contributed by atoms with van der Waals surface area (Å²) in [5, 5.41) is 2.84. The molecule has 0 saturated heterocycles. The number of ether oxygens (including phenoxy) is 2. The zero-order valence-corrected chi connectivity index (χ0v) is 14.7. The van der Waals surface area contributed by atoms with Crippen LogP contribution in [0.25, 0.3) is 0 Å². The zero-order chi connectivity index (χ0) is 17.6. The Kier molecular flexibility index (Phi) is 6.42. The van der Waals surface area contributed by atoms with Gasteiger partial charge in [0.2, 0.25) is 11.8 Å². The van der Waals surface area contributed by atoms with Crippen molar-refractivity contribution < 1.29 is 19.1 Å². The molecule has 0 aliphatic rings. The minimum atomic E-state index is -0.459. The average molecular weight is 322 g/mol. The van der Waals surface area contributed by atoms with Crippen molar-refractivity contribution in [2.45, 2.75) is 27.7 Å². The predicted molar refractivity (Wildman–Crippen MR) is 90.0 cm³/mol. The molecule has 6 nitrogen and oxygen atoms in total. The molecule has 0 unspecified atom stereocenters. The van der Waals surface area contributed by atoms with Gasteiger partial charge in [0.25, 0.3) is 0 Å². The van der Waals surface area contributed by atoms with Crippen LogP contribution in [0.3, 0.4) is 0 Å². The first-order valence-corrected chi connectivity index (χ1v) is 7.49. The molecule has 0 spiro atoms. The van der Waals surface area contributed by atoms with Gasteiger partial charge in [-0.2, -0.15) is 0 Å². The van der Waals surface area contributed by atoms with Gasteiger partial charge in [-0.15, -0.1) is 0 Å². The van der Waals surface area contributed by atoms with Crippen LogP contribution in [0.4, 0.5) is 5.69 Å². The Balaban J connectivity index is 2.87. The van der Waals surface area contributed by atoms with Crippen LogP contribution < -0.4 is 19.7 Å². The van der Waals surface area contributed by atoms with Gasteiger partial charge in [0.05, 0.1) is 19.9 Å². The van der Waals surface area contributed by atoms with Crippen LogP contribution in [-0.2, 0) is 9.59 Å². The molecule has 1 aromatic rings. The van der Waals surface area contributed by atoms with E-state index in [9.17, 15) is 9.59 Å². The molecule has 6 heteroatoms. The average Bonchev–Trinajstić information content (AvgIpc) is 2.49. The molecule has 0 heterocycles. The van der Waals surface area contributed by atoms with E-state index in [1.807, 2.05) is 20.8 Å². The van der Waals surface area contributed by atoms with E-state index in [1.54, 1.807) is 30.2 Å². The van der Waals surface area contributed by atoms with Crippen molar-refractivity contribution in [1.29, 1.82) is 0 Å². The lowest BCUT2D eigenvalue weighted by atomic mass is 9.96. The van der Waals surface area contributed by atoms with E-state index in [0.29, 0.717) is 30.3 Å². The molecule has 0 bridgehead atoms. The van der Waals surface area contributed by atoms with Gasteiger partial charge in [0.15, 0.2) is 0 Å². The highest BCUT2D eigenvalue weighted by Crippen LogP contribution is 2.32. The number of amides is 2. The van der Waals surface area contributed by atoms with E-state index < -0.39 is 5.41 Å². The summed E-state index contributed by atoms with van der Waals surface area (Å²) in [4.78, 5) is 25.4. The Labute approximate surface area is 137 Å². The first-order chi connectivity index (χ1) is 10.7. The lowest BCUT2D eigenvalue weighted by Gasteiger charge is -2.25. The van der Waals surface area contributed by atoms with Crippen molar-refractivity contribution in [2.75, 3.05) is 32.2 Å². The molecule has 23 heavy (non-hydrogen) atoms. The summed E-state index contributed by atoms with van der Waals surface area (Å²) in [5.41, 5.74) is 0.185. The minimum absolute atomic E-state index is 0.0531. The standard InChI is InChI=1S/C17H26N2O4/c1-12(20)19(10-9-18-16(21)17(2,3)4)14-8-7-13(22-5)11-15(14)23-6/h7-8,11H,9-10H2,1-6H3,(H,18,21). The monoisotopic (exact) mass is 322 g/mol. The van der Waals surface area contributed by atoms with Gasteiger partial charge in [-0.1, -0.05) is 20.8 Å². The SMILES string of the molecule is COc1ccc(N(CCNC(=O)C(C)(C)C)C(C)=O)c(OC)c1. The number of benzene rings is 1. The van der Waals surface area contributed by atoms with E-state index in [-0.39, 0.29) is 11.8 Å². The smallest absolute Gasteiger partial charge is 0.225 e. The van der Waals surface area contributed by atoms with Crippen molar-refractivity contribution in [3.05, 3.63) is 18.2 Å². The Morgan fingerprint density at radius 1 is 1.17 bits per heavy atom. The Hall–Kier alpha value is -2.24. The maximum Gasteiger partial charge on any atom is 0.225 e. The number of rotatable bonds is 6. The van der Waals surface area contributed by atoms with Crippen LogP contribution in [0.1, 0.15) is 27.7 Å². The van der Waals surface area contributed by atoms with Gasteiger partial charge < -0.3 is 19.7 Å². The zero-order valence-electron chi connectivity index (χ0n) is 14.7. The number of nitrogens with one attached hydrogen (secondary N) is 1. The number of methoxy groups -OCH3 is 2. The van der Waals surface area contributed by atoms with Crippen molar-refractivity contribution >= 4 is 17.5 Å². The van der Waals surface area contributed by atoms with Crippen molar-refractivity contribution in [3.63, 3.8) is 0 Å². The molecule has 2 amide bonds. The van der Waals surface area contributed by atoms with Crippen LogP contribution in [-0.4, -0.2) is 39.1 Å². The Morgan fingerprint density at radius 3 is 2.30 bits per heavy atom. The fourth-order valence-corrected chi connectivity index (χ4v) is 2.00. The number of carbonyl (C=O) groups is 2. The number of carbonyl (C=O) groups excluding carboxylic acids is 2. The predicted octanol–water partition coefficient (Wildman–Crippen LogP) is 2.22. The largest absolute Gasteiger partial charge is 0.497 e. The summed E-state index contributed by atoms with van der Waals surface area (Å²) < 4.78 is 10.5. The molecule has 0 radical (unpaired) electrons. The highest BCUT2D eigenvalue weighted by atomic mass is 16.5. The third-order valence-corrected chi connectivity index (χ3v) is 3.36. The van der Waals surface area contributed by atoms with Gasteiger partial charge in [0, 0.05) is 31.5 Å². The third kappa shape index (κ3) is 5.16. The summed E-state index contributed by atoms with van der Waals surface area (Å²) in [6.45, 7) is 7.74. The van der Waals surface area contributed by atoms with E-state index in [2.05, 4.69) is 5.32 Å². The molecular formula is C17H26N2O4. The van der Waals surface area contributed by atoms with Crippen molar-refractivity contribution in [1.82, 2.24) is 5.32 Å². The second-order valence-electron chi connectivity index (χ2n) is 6.21. The van der Waals surface area contributed by atoms with Gasteiger partial charge >= 0.3 is 0 Å². The summed E-state index contributed by atoms with van der Waals surface area (Å²) in [6, 6.07) is 5.26. The number of anilines is 1. The molecule has 0 fully saturated rings. The van der Waals surface area contributed by atoms with Crippen molar-refractivity contribution in [3.8, 4) is 11.5 Å². The van der Waals surface area contributed by atoms with E-state index in [0.717, 1.165) is 0 Å². The normalized spacial score (nSPS) is 10.9. The first-order valence-electron chi connectivity index (χ1n) is 7.49. The quantitative estimate of drug-likeness (QED) is 0.872. The molecule has 0 aromatic heterocycles. The van der Waals surface area contributed by atoms with Gasteiger partial charge in [0.1, 0.15) is 11.5 Å². The number of hydrogen-bond donors (Lipinski definition) is 1. The molecule has 128 valence electrons. The van der Waals surface area contributed by atoms with Gasteiger partial charge in [-0.25, -0.2) is 0 Å². The van der Waals surface area contributed by atoms with Crippen LogP contribution >= 0.6 is 0 Å². The molecule has 1 N–H and O–H groups in total. The molecule has 1 rings (SSSR count). The van der Waals surface area contributed by atoms with E-state index in [1.165, 1.54) is 14.0 Å². The van der Waals surface area contributed by atoms with Crippen LogP contribution in [0.2, 0.25) is 0 Å². The Morgan fingerprint density at radius 2 is 1.83 bits per heavy atom. The maximum absolute atomic E-state index is 12.0. The lowest BCUT2D eigenvalue weighted by molar-refractivity contribution is -0.128. The highest BCUT2D eigenvalue weighted by molar-refractivity contribution is 5.93. The second kappa shape index (κ2) is 7.85. The fourth-order valence-electron chi connectivity index (χ4n) is 2.00. The fraction of sp³-hybridized carbons (Fsp3) is 0.529. The highest BCUT2D eigenvalue weighted by Gasteiger charge is 2.22. The molecule has 0 aliphatic carbocycles. The molecule has 1 aromatic carbocycles.